The lowest BCUT2D eigenvalue weighted by Crippen LogP contribution is -2.45. The van der Waals surface area contributed by atoms with Gasteiger partial charge in [-0.25, -0.2) is 0 Å². The molecule has 0 aromatic carbocycles. The molecule has 0 aromatic rings. The van der Waals surface area contributed by atoms with E-state index in [1.54, 1.807) is 0 Å². The molecule has 4 nitrogen and oxygen atoms in total. The summed E-state index contributed by atoms with van der Waals surface area (Å²) in [6.07, 6.45) is 6.11. The Morgan fingerprint density at radius 3 is 2.83 bits per heavy atom. The number of piperidine rings is 1. The molecule has 4 heteroatoms. The maximum absolute atomic E-state index is 11.8. The largest absolute Gasteiger partial charge is 0.355 e. The van der Waals surface area contributed by atoms with Crippen molar-refractivity contribution in [3.63, 3.8) is 0 Å². The van der Waals surface area contributed by atoms with E-state index in [0.29, 0.717) is 12.6 Å². The van der Waals surface area contributed by atoms with Gasteiger partial charge in [-0.2, -0.15) is 0 Å². The van der Waals surface area contributed by atoms with Gasteiger partial charge in [0.25, 0.3) is 0 Å². The van der Waals surface area contributed by atoms with E-state index in [2.05, 4.69) is 22.5 Å². The Labute approximate surface area is 110 Å². The summed E-state index contributed by atoms with van der Waals surface area (Å²) < 4.78 is 0. The smallest absolute Gasteiger partial charge is 0.234 e. The van der Waals surface area contributed by atoms with Crippen molar-refractivity contribution in [2.24, 2.45) is 5.92 Å². The molecule has 1 unspecified atom stereocenters. The molecule has 2 saturated heterocycles. The molecule has 0 aliphatic carbocycles. The Hall–Kier alpha value is -0.610. The van der Waals surface area contributed by atoms with Crippen LogP contribution in [0.15, 0.2) is 0 Å². The van der Waals surface area contributed by atoms with Crippen molar-refractivity contribution in [3.05, 3.63) is 0 Å². The van der Waals surface area contributed by atoms with Crippen molar-refractivity contribution < 1.29 is 4.79 Å². The van der Waals surface area contributed by atoms with Gasteiger partial charge in [-0.1, -0.05) is 6.92 Å². The minimum Gasteiger partial charge on any atom is -0.355 e. The first-order valence-electron chi connectivity index (χ1n) is 7.52. The van der Waals surface area contributed by atoms with Gasteiger partial charge in [0, 0.05) is 12.6 Å². The van der Waals surface area contributed by atoms with Crippen LogP contribution in [0.25, 0.3) is 0 Å². The van der Waals surface area contributed by atoms with Crippen LogP contribution in [0.3, 0.4) is 0 Å². The zero-order valence-corrected chi connectivity index (χ0v) is 11.6. The Kier molecular flexibility index (Phi) is 5.45. The van der Waals surface area contributed by atoms with Crippen LogP contribution in [-0.2, 0) is 4.79 Å². The summed E-state index contributed by atoms with van der Waals surface area (Å²) in [5, 5.41) is 6.41. The monoisotopic (exact) mass is 253 g/mol. The Morgan fingerprint density at radius 1 is 1.33 bits per heavy atom. The quantitative estimate of drug-likeness (QED) is 0.767. The molecule has 2 heterocycles. The maximum atomic E-state index is 11.8. The number of likely N-dealkylation sites (tertiary alicyclic amines) is 1. The molecule has 0 saturated carbocycles. The summed E-state index contributed by atoms with van der Waals surface area (Å²) in [5.74, 6) is 1.01. The molecule has 0 radical (unpaired) electrons. The average molecular weight is 253 g/mol. The predicted octanol–water partition coefficient (Wildman–Crippen LogP) is 0.977. The number of carbonyl (C=O) groups excluding carboxylic acids is 1. The van der Waals surface area contributed by atoms with Crippen molar-refractivity contribution >= 4 is 5.91 Å². The van der Waals surface area contributed by atoms with Crippen LogP contribution in [0, 0.1) is 5.92 Å². The lowest BCUT2D eigenvalue weighted by molar-refractivity contribution is -0.122. The van der Waals surface area contributed by atoms with Gasteiger partial charge in [0.05, 0.1) is 6.54 Å². The van der Waals surface area contributed by atoms with Crippen LogP contribution in [0.2, 0.25) is 0 Å². The van der Waals surface area contributed by atoms with Crippen LogP contribution in [0.1, 0.15) is 39.0 Å². The molecule has 2 aliphatic rings. The molecule has 18 heavy (non-hydrogen) atoms. The van der Waals surface area contributed by atoms with Crippen molar-refractivity contribution in [2.75, 3.05) is 32.7 Å². The Bertz CT molecular complexity index is 264. The van der Waals surface area contributed by atoms with Crippen molar-refractivity contribution in [3.8, 4) is 0 Å². The summed E-state index contributed by atoms with van der Waals surface area (Å²) in [7, 11) is 0. The highest BCUT2D eigenvalue weighted by atomic mass is 16.2. The Balaban J connectivity index is 1.81. The van der Waals surface area contributed by atoms with Crippen molar-refractivity contribution in [2.45, 2.75) is 45.1 Å². The summed E-state index contributed by atoms with van der Waals surface area (Å²) in [6.45, 7) is 6.91. The molecule has 0 spiro atoms. The molecule has 1 atom stereocenters. The molecule has 1 amide bonds. The fraction of sp³-hybridized carbons (Fsp3) is 0.929. The van der Waals surface area contributed by atoms with Gasteiger partial charge >= 0.3 is 0 Å². The highest BCUT2D eigenvalue weighted by molar-refractivity contribution is 5.78. The number of carbonyl (C=O) groups is 1. The molecule has 104 valence electrons. The second-order valence-electron chi connectivity index (χ2n) is 5.62. The van der Waals surface area contributed by atoms with Gasteiger partial charge in [-0.15, -0.1) is 0 Å². The molecule has 0 bridgehead atoms. The van der Waals surface area contributed by atoms with E-state index in [0.717, 1.165) is 38.5 Å². The van der Waals surface area contributed by atoms with E-state index >= 15 is 0 Å². The maximum Gasteiger partial charge on any atom is 0.234 e. The molecule has 2 N–H and O–H groups in total. The topological polar surface area (TPSA) is 44.4 Å². The third-order valence-electron chi connectivity index (χ3n) is 4.26. The van der Waals surface area contributed by atoms with Crippen LogP contribution in [0.5, 0.6) is 0 Å². The van der Waals surface area contributed by atoms with Crippen LogP contribution < -0.4 is 10.6 Å². The van der Waals surface area contributed by atoms with Crippen LogP contribution in [0.4, 0.5) is 0 Å². The fourth-order valence-electron chi connectivity index (χ4n) is 3.32. The normalized spacial score (nSPS) is 26.4. The molecular formula is C14H27N3O. The SMILES string of the molecule is CCCNC(=O)CN1CCCC1C1CCNCC1. The van der Waals surface area contributed by atoms with Crippen LogP contribution >= 0.6 is 0 Å². The molecular weight excluding hydrogens is 226 g/mol. The second kappa shape index (κ2) is 7.10. The van der Waals surface area contributed by atoms with Crippen molar-refractivity contribution in [1.29, 1.82) is 0 Å². The average Bonchev–Trinajstić information content (AvgIpc) is 2.85. The molecule has 2 aliphatic heterocycles. The van der Waals surface area contributed by atoms with E-state index < -0.39 is 0 Å². The van der Waals surface area contributed by atoms with E-state index in [9.17, 15) is 4.79 Å². The minimum atomic E-state index is 0.206. The predicted molar refractivity (Wildman–Crippen MR) is 73.5 cm³/mol. The fourth-order valence-corrected chi connectivity index (χ4v) is 3.32. The number of rotatable bonds is 5. The van der Waals surface area contributed by atoms with E-state index in [1.807, 2.05) is 0 Å². The van der Waals surface area contributed by atoms with Gasteiger partial charge in [0.1, 0.15) is 0 Å². The molecule has 2 fully saturated rings. The van der Waals surface area contributed by atoms with Gasteiger partial charge in [0.2, 0.25) is 5.91 Å². The van der Waals surface area contributed by atoms with E-state index in [1.165, 1.54) is 25.7 Å². The minimum absolute atomic E-state index is 0.206. The van der Waals surface area contributed by atoms with Gasteiger partial charge in [-0.3, -0.25) is 9.69 Å². The number of hydrogen-bond acceptors (Lipinski definition) is 3. The van der Waals surface area contributed by atoms with Crippen molar-refractivity contribution in [1.82, 2.24) is 15.5 Å². The molecule has 2 rings (SSSR count). The lowest BCUT2D eigenvalue weighted by Gasteiger charge is -2.34. The first kappa shape index (κ1) is 13.8. The number of amides is 1. The third kappa shape index (κ3) is 3.69. The van der Waals surface area contributed by atoms with Gasteiger partial charge < -0.3 is 10.6 Å². The summed E-state index contributed by atoms with van der Waals surface area (Å²) in [6, 6.07) is 0.652. The zero-order valence-electron chi connectivity index (χ0n) is 11.6. The summed E-state index contributed by atoms with van der Waals surface area (Å²) in [4.78, 5) is 14.2. The zero-order chi connectivity index (χ0) is 12.8. The third-order valence-corrected chi connectivity index (χ3v) is 4.26. The van der Waals surface area contributed by atoms with E-state index in [4.69, 9.17) is 0 Å². The highest BCUT2D eigenvalue weighted by Gasteiger charge is 2.32. The number of nitrogens with zero attached hydrogens (tertiary/aromatic N) is 1. The highest BCUT2D eigenvalue weighted by Crippen LogP contribution is 2.29. The summed E-state index contributed by atoms with van der Waals surface area (Å²) in [5.41, 5.74) is 0. The summed E-state index contributed by atoms with van der Waals surface area (Å²) >= 11 is 0. The molecule has 0 aromatic heterocycles. The van der Waals surface area contributed by atoms with E-state index in [-0.39, 0.29) is 5.91 Å². The Morgan fingerprint density at radius 2 is 2.11 bits per heavy atom. The lowest BCUT2D eigenvalue weighted by atomic mass is 9.89. The number of nitrogens with one attached hydrogen (secondary N) is 2. The van der Waals surface area contributed by atoms with Crippen LogP contribution in [-0.4, -0.2) is 49.6 Å². The van der Waals surface area contributed by atoms with Gasteiger partial charge in [0.15, 0.2) is 0 Å². The first-order chi connectivity index (χ1) is 8.81. The number of hydrogen-bond donors (Lipinski definition) is 2. The standard InChI is InChI=1S/C14H27N3O/c1-2-7-16-14(18)11-17-10-3-4-13(17)12-5-8-15-9-6-12/h12-13,15H,2-11H2,1H3,(H,16,18). The van der Waals surface area contributed by atoms with Gasteiger partial charge in [-0.05, 0) is 57.7 Å². The first-order valence-corrected chi connectivity index (χ1v) is 7.52. The second-order valence-corrected chi connectivity index (χ2v) is 5.62.